The first-order chi connectivity index (χ1) is 71.4. The average Bonchev–Trinajstić information content (AvgIpc) is 0.742. The van der Waals surface area contributed by atoms with Crippen LogP contribution in [0.5, 0.6) is 0 Å². The maximum Gasteiger partial charge on any atom is 0.0702 e. The van der Waals surface area contributed by atoms with Gasteiger partial charge in [0.05, 0.1) is 5.69 Å². The van der Waals surface area contributed by atoms with Crippen molar-refractivity contribution < 1.29 is 0 Å². The van der Waals surface area contributed by atoms with E-state index in [2.05, 4.69) is 474 Å². The molecular weight excluding hydrogens is 1740 g/mol. The molecule has 0 aliphatic carbocycles. The van der Waals surface area contributed by atoms with Crippen LogP contribution in [0, 0.1) is 0 Å². The van der Waals surface area contributed by atoms with Crippen molar-refractivity contribution in [2.24, 2.45) is 0 Å². The molecular formula is C138H90N6. The number of benzene rings is 21. The molecule has 6 aromatic heterocycles. The first-order valence-electron chi connectivity index (χ1n) is 48.9. The van der Waals surface area contributed by atoms with Crippen LogP contribution >= 0.6 is 0 Å². The van der Waals surface area contributed by atoms with Gasteiger partial charge in [-0.3, -0.25) is 29.9 Å². The highest BCUT2D eigenvalue weighted by molar-refractivity contribution is 6.29. The largest absolute Gasteiger partial charge is 0.265 e. The Bertz CT molecular complexity index is 8410. The molecule has 0 aliphatic rings. The van der Waals surface area contributed by atoms with Gasteiger partial charge in [-0.05, 0) is 363 Å². The van der Waals surface area contributed by atoms with Crippen molar-refractivity contribution in [1.29, 1.82) is 0 Å². The lowest BCUT2D eigenvalue weighted by molar-refractivity contribution is 1.32. The maximum atomic E-state index is 4.70. The highest BCUT2D eigenvalue weighted by Gasteiger charge is 2.23. The Kier molecular flexibility index (Phi) is 23.0. The number of pyridine rings is 6. The zero-order valence-corrected chi connectivity index (χ0v) is 78.6. The summed E-state index contributed by atoms with van der Waals surface area (Å²) in [6.45, 7) is 0. The van der Waals surface area contributed by atoms with Crippen LogP contribution in [0.2, 0.25) is 0 Å². The molecule has 21 aromatic carbocycles. The van der Waals surface area contributed by atoms with E-state index in [0.29, 0.717) is 0 Å². The smallest absolute Gasteiger partial charge is 0.0702 e. The predicted molar refractivity (Wildman–Crippen MR) is 605 cm³/mol. The molecule has 0 radical (unpaired) electrons. The first-order valence-corrected chi connectivity index (χ1v) is 48.9. The zero-order valence-electron chi connectivity index (χ0n) is 78.6. The molecule has 0 spiro atoms. The molecule has 0 bridgehead atoms. The minimum absolute atomic E-state index is 0.943. The lowest BCUT2D eigenvalue weighted by atomic mass is 9.86. The van der Waals surface area contributed by atoms with Gasteiger partial charge in [0.25, 0.3) is 0 Å². The quantitative estimate of drug-likeness (QED) is 0.0952. The average molecular weight is 1830 g/mol. The third kappa shape index (κ3) is 16.6. The SMILES string of the molecule is c1ccc(-c2cc(-c3cccnc3)cc(-c3ccccc3-c3ccccc3-c3ccc4c5ccccc5c5ccccc5c4c3)c2)nc1.c1ccc(-c2ccccc2-c2ccc3c4ccccc4c4ccccc4c3c2)c(-c2cc(-c3ccncc3)cc(-c3ccncc3)c2)c1.c1cncc(-c2cc(-c3cccnc3)cc(-c3ccccc3-c3ccccc3-c3ccc4c5ccccc5c5ccccc5c4c3)c2)c1. The first kappa shape index (κ1) is 86.4. The molecule has 144 heavy (non-hydrogen) atoms. The third-order valence-corrected chi connectivity index (χ3v) is 28.3. The molecule has 0 N–H and O–H groups in total. The molecule has 0 saturated carbocycles. The fourth-order valence-electron chi connectivity index (χ4n) is 21.6. The van der Waals surface area contributed by atoms with Gasteiger partial charge >= 0.3 is 0 Å². The molecule has 0 unspecified atom stereocenters. The van der Waals surface area contributed by atoms with E-state index in [-0.39, 0.29) is 0 Å². The zero-order chi connectivity index (χ0) is 95.6. The van der Waals surface area contributed by atoms with Gasteiger partial charge in [0, 0.05) is 90.4 Å². The van der Waals surface area contributed by atoms with Gasteiger partial charge < -0.3 is 0 Å². The van der Waals surface area contributed by atoms with Crippen LogP contribution in [0.25, 0.3) is 264 Å². The maximum absolute atomic E-state index is 4.70. The predicted octanol–water partition coefficient (Wildman–Crippen LogP) is 36.8. The van der Waals surface area contributed by atoms with E-state index in [1.165, 1.54) is 180 Å². The van der Waals surface area contributed by atoms with Gasteiger partial charge in [-0.15, -0.1) is 0 Å². The Morgan fingerprint density at radius 3 is 0.556 bits per heavy atom. The van der Waals surface area contributed by atoms with Crippen molar-refractivity contribution in [3.05, 3.63) is 547 Å². The monoisotopic (exact) mass is 1830 g/mol. The molecule has 0 fully saturated rings. The molecule has 6 heteroatoms. The van der Waals surface area contributed by atoms with E-state index in [9.17, 15) is 0 Å². The second-order valence-electron chi connectivity index (χ2n) is 36.6. The van der Waals surface area contributed by atoms with Gasteiger partial charge in [-0.1, -0.05) is 352 Å². The standard InChI is InChI=1S/3C46H30N2/c1-3-15-39(37(13-1)31-21-22-45-43-19-6-5-17-41(43)42-18-7-8-20-44(42)46(45)28-31)40-16-4-2-14-38(40)36-26-34(32-11-9-23-47-29-32)25-35(27-36)33-12-10-24-48-30-33;1-3-15-38(36(13-1)31-22-23-44-42-19-6-5-17-40(42)41-18-7-8-20-43(41)45(44)29-31)39-16-4-2-14-37(39)34-26-33(32-12-11-24-47-30-32)27-35(28-34)46-21-9-10-25-48-46;1-3-11-39(37(9-1)33-17-18-45-43-15-6-5-13-41(43)42-14-7-8-16-44(42)46(45)30-33)40-12-4-2-10-38(40)36-28-34(31-19-23-47-24-20-31)27-35(29-36)32-21-25-48-26-22-32/h3*1-30H. The van der Waals surface area contributed by atoms with E-state index < -0.39 is 0 Å². The molecule has 672 valence electrons. The molecule has 0 saturated heterocycles. The second-order valence-corrected chi connectivity index (χ2v) is 36.6. The fourth-order valence-corrected chi connectivity index (χ4v) is 21.6. The van der Waals surface area contributed by atoms with E-state index in [0.717, 1.165) is 83.6 Å². The molecule has 6 heterocycles. The summed E-state index contributed by atoms with van der Waals surface area (Å²) >= 11 is 0. The second kappa shape index (κ2) is 38.3. The Morgan fingerprint density at radius 2 is 0.306 bits per heavy atom. The Balaban J connectivity index is 0.000000113. The van der Waals surface area contributed by atoms with Gasteiger partial charge in [0.1, 0.15) is 0 Å². The Morgan fingerprint density at radius 1 is 0.0972 bits per heavy atom. The number of rotatable bonds is 15. The number of nitrogens with zero attached hydrogens (tertiary/aromatic N) is 6. The van der Waals surface area contributed by atoms with Gasteiger partial charge in [-0.2, -0.15) is 0 Å². The molecule has 0 amide bonds. The van der Waals surface area contributed by atoms with Gasteiger partial charge in [0.15, 0.2) is 0 Å². The van der Waals surface area contributed by atoms with Crippen molar-refractivity contribution in [3.8, 4) is 167 Å². The van der Waals surface area contributed by atoms with Crippen LogP contribution in [-0.4, -0.2) is 29.9 Å². The minimum atomic E-state index is 0.943. The normalized spacial score (nSPS) is 11.3. The summed E-state index contributed by atoms with van der Waals surface area (Å²) in [6.07, 6.45) is 20.5. The van der Waals surface area contributed by atoms with E-state index >= 15 is 0 Å². The van der Waals surface area contributed by atoms with Crippen molar-refractivity contribution >= 4 is 97.0 Å². The summed E-state index contributed by atoms with van der Waals surface area (Å²) < 4.78 is 0. The lowest BCUT2D eigenvalue weighted by Crippen LogP contribution is -1.92. The van der Waals surface area contributed by atoms with Crippen molar-refractivity contribution in [2.45, 2.75) is 0 Å². The molecule has 27 rings (SSSR count). The van der Waals surface area contributed by atoms with Gasteiger partial charge in [-0.25, -0.2) is 0 Å². The van der Waals surface area contributed by atoms with Crippen LogP contribution < -0.4 is 0 Å². The summed E-state index contributed by atoms with van der Waals surface area (Å²) in [5.41, 5.74) is 34.6. The molecule has 0 aliphatic heterocycles. The summed E-state index contributed by atoms with van der Waals surface area (Å²) in [7, 11) is 0. The summed E-state index contributed by atoms with van der Waals surface area (Å²) in [5.74, 6) is 0. The van der Waals surface area contributed by atoms with Crippen molar-refractivity contribution in [3.63, 3.8) is 0 Å². The molecule has 6 nitrogen and oxygen atoms in total. The van der Waals surface area contributed by atoms with E-state index in [1.54, 1.807) is 0 Å². The van der Waals surface area contributed by atoms with E-state index in [4.69, 9.17) is 4.98 Å². The number of aromatic nitrogens is 6. The third-order valence-electron chi connectivity index (χ3n) is 28.3. The topological polar surface area (TPSA) is 77.3 Å². The highest BCUT2D eigenvalue weighted by Crippen LogP contribution is 2.50. The molecule has 0 atom stereocenters. The van der Waals surface area contributed by atoms with Crippen LogP contribution in [-0.2, 0) is 0 Å². The number of fused-ring (bicyclic) bond motifs is 18. The Labute approximate surface area is 835 Å². The van der Waals surface area contributed by atoms with Crippen LogP contribution in [0.4, 0.5) is 0 Å². The summed E-state index contributed by atoms with van der Waals surface area (Å²) in [5, 5.41) is 23.1. The van der Waals surface area contributed by atoms with Crippen LogP contribution in [0.1, 0.15) is 0 Å². The highest BCUT2D eigenvalue weighted by atomic mass is 14.7. The number of hydrogen-bond donors (Lipinski definition) is 0. The summed E-state index contributed by atoms with van der Waals surface area (Å²) in [6, 6.07) is 173. The van der Waals surface area contributed by atoms with Crippen molar-refractivity contribution in [1.82, 2.24) is 29.9 Å². The summed E-state index contributed by atoms with van der Waals surface area (Å²) in [4.78, 5) is 26.5. The lowest BCUT2D eigenvalue weighted by Gasteiger charge is -2.17. The van der Waals surface area contributed by atoms with E-state index in [1.807, 2.05) is 98.5 Å². The van der Waals surface area contributed by atoms with Crippen LogP contribution in [0.3, 0.4) is 0 Å². The number of hydrogen-bond acceptors (Lipinski definition) is 6. The van der Waals surface area contributed by atoms with Crippen LogP contribution in [0.15, 0.2) is 547 Å². The Hall–Kier alpha value is -19.1. The van der Waals surface area contributed by atoms with Gasteiger partial charge in [0.2, 0.25) is 0 Å². The minimum Gasteiger partial charge on any atom is -0.265 e. The van der Waals surface area contributed by atoms with Crippen molar-refractivity contribution in [2.75, 3.05) is 0 Å². The fraction of sp³-hybridized carbons (Fsp3) is 0. The molecule has 27 aromatic rings.